The Morgan fingerprint density at radius 2 is 1.91 bits per heavy atom. The molecular weight excluding hydrogens is 458 g/mol. The van der Waals surface area contributed by atoms with Gasteiger partial charge in [-0.1, -0.05) is 17.4 Å². The molecule has 3 fully saturated rings. The maximum Gasteiger partial charge on any atom is 0.207 e. The lowest BCUT2D eigenvalue weighted by Gasteiger charge is -2.44. The molecule has 1 N–H and O–H groups in total. The fourth-order valence-corrected chi connectivity index (χ4v) is 8.22. The van der Waals surface area contributed by atoms with E-state index in [-0.39, 0.29) is 5.78 Å². The van der Waals surface area contributed by atoms with E-state index in [1.165, 1.54) is 25.7 Å². The molecule has 7 rings (SSSR count). The summed E-state index contributed by atoms with van der Waals surface area (Å²) in [7, 11) is 0. The number of anilines is 1. The van der Waals surface area contributed by atoms with Gasteiger partial charge in [0.2, 0.25) is 5.78 Å². The van der Waals surface area contributed by atoms with Gasteiger partial charge in [-0.3, -0.25) is 9.69 Å². The van der Waals surface area contributed by atoms with Gasteiger partial charge in [-0.25, -0.2) is 4.98 Å². The van der Waals surface area contributed by atoms with Crippen molar-refractivity contribution >= 4 is 33.2 Å². The molecule has 0 saturated carbocycles. The average Bonchev–Trinajstić information content (AvgIpc) is 3.55. The number of carbonyl (C=O) groups excluding carboxylic acids is 1. The van der Waals surface area contributed by atoms with Gasteiger partial charge in [0.05, 0.1) is 36.1 Å². The quantitative estimate of drug-likeness (QED) is 0.583. The highest BCUT2D eigenvalue weighted by molar-refractivity contribution is 7.18. The third kappa shape index (κ3) is 3.08. The van der Waals surface area contributed by atoms with Crippen LogP contribution in [0.2, 0.25) is 0 Å². The number of benzene rings is 1. The van der Waals surface area contributed by atoms with Gasteiger partial charge in [0.1, 0.15) is 4.88 Å². The molecular formula is C27H29N5O2S. The lowest BCUT2D eigenvalue weighted by atomic mass is 9.77. The van der Waals surface area contributed by atoms with E-state index in [2.05, 4.69) is 34.7 Å². The van der Waals surface area contributed by atoms with E-state index < -0.39 is 5.41 Å². The van der Waals surface area contributed by atoms with Crippen LogP contribution in [-0.2, 0) is 10.2 Å². The van der Waals surface area contributed by atoms with Crippen LogP contribution in [0.5, 0.6) is 0 Å². The third-order valence-electron chi connectivity index (χ3n) is 8.69. The molecule has 0 amide bonds. The minimum absolute atomic E-state index is 0.0598. The number of H-pyrrole nitrogens is 1. The number of nitrogens with one attached hydrogen (secondary N) is 1. The first-order valence-electron chi connectivity index (χ1n) is 12.7. The Morgan fingerprint density at radius 3 is 2.63 bits per heavy atom. The van der Waals surface area contributed by atoms with Crippen molar-refractivity contribution in [1.82, 2.24) is 14.9 Å². The van der Waals surface area contributed by atoms with E-state index in [1.54, 1.807) is 17.4 Å². The van der Waals surface area contributed by atoms with E-state index in [9.17, 15) is 10.1 Å². The van der Waals surface area contributed by atoms with Crippen LogP contribution in [0.1, 0.15) is 71.7 Å². The normalized spacial score (nSPS) is 27.6. The van der Waals surface area contributed by atoms with Crippen molar-refractivity contribution in [3.8, 4) is 6.07 Å². The summed E-state index contributed by atoms with van der Waals surface area (Å²) in [5, 5.41) is 11.2. The predicted molar refractivity (Wildman–Crippen MR) is 135 cm³/mol. The minimum atomic E-state index is -0.412. The molecule has 35 heavy (non-hydrogen) atoms. The number of fused-ring (bicyclic) bond motifs is 6. The summed E-state index contributed by atoms with van der Waals surface area (Å²) in [5.74, 6) is 0.0598. The first-order valence-corrected chi connectivity index (χ1v) is 13.5. The average molecular weight is 488 g/mol. The van der Waals surface area contributed by atoms with Gasteiger partial charge in [-0.05, 0) is 51.7 Å². The maximum atomic E-state index is 13.8. The number of ether oxygens (including phenoxy) is 1. The van der Waals surface area contributed by atoms with Crippen LogP contribution in [-0.4, -0.2) is 65.1 Å². The second-order valence-corrected chi connectivity index (χ2v) is 11.9. The number of carbonyl (C=O) groups is 1. The summed E-state index contributed by atoms with van der Waals surface area (Å²) < 4.78 is 5.58. The predicted octanol–water partition coefficient (Wildman–Crippen LogP) is 4.20. The molecule has 3 aliphatic heterocycles. The first kappa shape index (κ1) is 21.5. The zero-order valence-corrected chi connectivity index (χ0v) is 21.0. The number of morpholine rings is 1. The smallest absolute Gasteiger partial charge is 0.207 e. The Morgan fingerprint density at radius 1 is 1.17 bits per heavy atom. The SMILES string of the molecule is CC1(C)c2nc(N3C4CCC3CC(N3CCOCC3)C4)sc2C(=O)c2c1[nH]c1cc(C#N)ccc21. The third-order valence-corrected chi connectivity index (χ3v) is 9.75. The highest BCUT2D eigenvalue weighted by Crippen LogP contribution is 2.49. The molecule has 4 aliphatic rings. The molecule has 1 aliphatic carbocycles. The number of aromatic amines is 1. The Labute approximate surface area is 208 Å². The fraction of sp³-hybridized carbons (Fsp3) is 0.519. The van der Waals surface area contributed by atoms with Crippen LogP contribution in [0.25, 0.3) is 10.9 Å². The fourth-order valence-electron chi connectivity index (χ4n) is 6.90. The molecule has 5 heterocycles. The van der Waals surface area contributed by atoms with Crippen molar-refractivity contribution < 1.29 is 9.53 Å². The monoisotopic (exact) mass is 487 g/mol. The van der Waals surface area contributed by atoms with Crippen LogP contribution in [0, 0.1) is 11.3 Å². The van der Waals surface area contributed by atoms with E-state index in [0.717, 1.165) is 64.2 Å². The van der Waals surface area contributed by atoms with Gasteiger partial charge in [0, 0.05) is 53.2 Å². The van der Waals surface area contributed by atoms with E-state index >= 15 is 0 Å². The number of hydrogen-bond acceptors (Lipinski definition) is 7. The summed E-state index contributed by atoms with van der Waals surface area (Å²) >= 11 is 1.59. The highest BCUT2D eigenvalue weighted by Gasteiger charge is 2.47. The maximum absolute atomic E-state index is 13.8. The second kappa shape index (κ2) is 7.63. The highest BCUT2D eigenvalue weighted by atomic mass is 32.1. The van der Waals surface area contributed by atoms with Gasteiger partial charge in [-0.15, -0.1) is 0 Å². The number of ketones is 1. The lowest BCUT2D eigenvalue weighted by molar-refractivity contribution is 0.00793. The zero-order valence-electron chi connectivity index (χ0n) is 20.1. The molecule has 2 bridgehead atoms. The zero-order chi connectivity index (χ0) is 23.9. The standard InChI is InChI=1S/C27H29N5O2S/c1-27(2)24-21(19-6-3-15(14-28)11-20(19)29-24)22(33)23-25(27)30-26(35-23)32-16-4-5-17(32)13-18(12-16)31-7-9-34-10-8-31/h3,6,11,16-18,29H,4-5,7-10,12-13H2,1-2H3. The van der Waals surface area contributed by atoms with Gasteiger partial charge >= 0.3 is 0 Å². The Hall–Kier alpha value is -2.73. The first-order chi connectivity index (χ1) is 17.0. The Balaban J connectivity index is 1.24. The molecule has 7 nitrogen and oxygen atoms in total. The Bertz CT molecular complexity index is 1380. The number of nitriles is 1. The van der Waals surface area contributed by atoms with Gasteiger partial charge in [0.15, 0.2) is 5.13 Å². The number of rotatable bonds is 2. The molecule has 2 atom stereocenters. The van der Waals surface area contributed by atoms with Gasteiger partial charge in [0.25, 0.3) is 0 Å². The van der Waals surface area contributed by atoms with Crippen molar-refractivity contribution in [3.05, 3.63) is 45.6 Å². The molecule has 0 radical (unpaired) electrons. The van der Waals surface area contributed by atoms with Crippen LogP contribution in [0.3, 0.4) is 0 Å². The largest absolute Gasteiger partial charge is 0.379 e. The van der Waals surface area contributed by atoms with Crippen LogP contribution in [0.4, 0.5) is 5.13 Å². The van der Waals surface area contributed by atoms with Crippen LogP contribution < -0.4 is 4.90 Å². The van der Waals surface area contributed by atoms with E-state index in [1.807, 2.05) is 12.1 Å². The van der Waals surface area contributed by atoms with Crippen molar-refractivity contribution in [3.63, 3.8) is 0 Å². The summed E-state index contributed by atoms with van der Waals surface area (Å²) in [6.07, 6.45) is 4.75. The van der Waals surface area contributed by atoms with Crippen molar-refractivity contribution in [1.29, 1.82) is 5.26 Å². The summed E-state index contributed by atoms with van der Waals surface area (Å²) in [6, 6.07) is 9.35. The molecule has 2 unspecified atom stereocenters. The van der Waals surface area contributed by atoms with Crippen molar-refractivity contribution in [2.75, 3.05) is 31.2 Å². The number of nitrogens with zero attached hydrogens (tertiary/aromatic N) is 4. The molecule has 180 valence electrons. The minimum Gasteiger partial charge on any atom is -0.379 e. The molecule has 3 aromatic rings. The van der Waals surface area contributed by atoms with E-state index in [4.69, 9.17) is 9.72 Å². The summed E-state index contributed by atoms with van der Waals surface area (Å²) in [6.45, 7) is 8.08. The molecule has 3 saturated heterocycles. The van der Waals surface area contributed by atoms with Crippen molar-refractivity contribution in [2.24, 2.45) is 0 Å². The molecule has 0 spiro atoms. The molecule has 1 aromatic carbocycles. The summed E-state index contributed by atoms with van der Waals surface area (Å²) in [5.41, 5.74) is 3.56. The number of piperidine rings is 1. The van der Waals surface area contributed by atoms with Crippen LogP contribution >= 0.6 is 11.3 Å². The lowest BCUT2D eigenvalue weighted by Crippen LogP contribution is -2.53. The van der Waals surface area contributed by atoms with Crippen molar-refractivity contribution in [2.45, 2.75) is 63.1 Å². The molecule has 8 heteroatoms. The summed E-state index contributed by atoms with van der Waals surface area (Å²) in [4.78, 5) is 28.4. The van der Waals surface area contributed by atoms with Crippen LogP contribution in [0.15, 0.2) is 18.2 Å². The Kier molecular flexibility index (Phi) is 4.70. The molecule has 2 aromatic heterocycles. The topological polar surface area (TPSA) is 85.2 Å². The van der Waals surface area contributed by atoms with E-state index in [0.29, 0.717) is 23.7 Å². The van der Waals surface area contributed by atoms with Gasteiger partial charge < -0.3 is 14.6 Å². The van der Waals surface area contributed by atoms with Gasteiger partial charge in [-0.2, -0.15) is 5.26 Å². The number of thiazole rings is 1. The second-order valence-electron chi connectivity index (χ2n) is 10.9. The number of hydrogen-bond donors (Lipinski definition) is 1. The number of aromatic nitrogens is 2.